The molecule has 8 nitrogen and oxygen atoms in total. The fourth-order valence-corrected chi connectivity index (χ4v) is 3.67. The number of aliphatic hydroxyl groups is 1. The van der Waals surface area contributed by atoms with Gasteiger partial charge in [0.2, 0.25) is 5.91 Å². The van der Waals surface area contributed by atoms with Crippen molar-refractivity contribution in [3.63, 3.8) is 0 Å². The molecule has 1 aromatic heterocycles. The summed E-state index contributed by atoms with van der Waals surface area (Å²) in [6.07, 6.45) is 3.36. The van der Waals surface area contributed by atoms with E-state index in [4.69, 9.17) is 5.11 Å². The van der Waals surface area contributed by atoms with Gasteiger partial charge in [-0.1, -0.05) is 12.5 Å². The normalized spacial score (nSPS) is 20.0. The number of piperidine rings is 1. The van der Waals surface area contributed by atoms with Gasteiger partial charge < -0.3 is 15.5 Å². The summed E-state index contributed by atoms with van der Waals surface area (Å²) in [6.45, 7) is 0. The number of carboxylic acids is 1. The Labute approximate surface area is 156 Å². The number of imidazole rings is 1. The van der Waals surface area contributed by atoms with Gasteiger partial charge in [-0.25, -0.2) is 4.79 Å². The van der Waals surface area contributed by atoms with Crippen LogP contribution >= 0.6 is 0 Å². The minimum absolute atomic E-state index is 0.189. The maximum Gasteiger partial charge on any atom is 0.329 e. The third kappa shape index (κ3) is 4.05. The first-order chi connectivity index (χ1) is 12.9. The number of nitrogens with one attached hydrogen (secondary N) is 1. The molecular formula is C19H25N3O5. The lowest BCUT2D eigenvalue weighted by atomic mass is 10.0. The van der Waals surface area contributed by atoms with E-state index in [1.807, 2.05) is 18.2 Å². The number of hydrogen-bond acceptors (Lipinski definition) is 4. The first kappa shape index (κ1) is 19.2. The predicted octanol–water partition coefficient (Wildman–Crippen LogP) is 1.30. The number of amides is 1. The molecule has 1 aromatic carbocycles. The Morgan fingerprint density at radius 1 is 1.19 bits per heavy atom. The molecule has 1 fully saturated rings. The average Bonchev–Trinajstić information content (AvgIpc) is 2.86. The first-order valence-electron chi connectivity index (χ1n) is 9.28. The van der Waals surface area contributed by atoms with Crippen LogP contribution in [0.1, 0.15) is 50.1 Å². The average molecular weight is 375 g/mol. The molecule has 2 atom stereocenters. The van der Waals surface area contributed by atoms with Crippen LogP contribution in [-0.4, -0.2) is 37.5 Å². The number of nitrogens with zero attached hydrogens (tertiary/aromatic N) is 2. The SMILES string of the molecule is Cn1c(=O)n(C2CCC(O)NC2=O)c2ccc(CCCCCC(=O)O)cc21. The van der Waals surface area contributed by atoms with Crippen LogP contribution in [0, 0.1) is 0 Å². The molecule has 3 N–H and O–H groups in total. The van der Waals surface area contributed by atoms with Crippen molar-refractivity contribution in [3.8, 4) is 0 Å². The van der Waals surface area contributed by atoms with E-state index in [1.54, 1.807) is 11.6 Å². The zero-order chi connectivity index (χ0) is 19.6. The van der Waals surface area contributed by atoms with Crippen molar-refractivity contribution in [1.29, 1.82) is 0 Å². The number of carboxylic acid groups (broad SMARTS) is 1. The Hall–Kier alpha value is -2.61. The van der Waals surface area contributed by atoms with Gasteiger partial charge in [0.15, 0.2) is 0 Å². The number of hydrogen-bond donors (Lipinski definition) is 3. The number of rotatable bonds is 7. The van der Waals surface area contributed by atoms with Gasteiger partial charge >= 0.3 is 11.7 Å². The molecular weight excluding hydrogens is 350 g/mol. The molecule has 146 valence electrons. The van der Waals surface area contributed by atoms with E-state index in [2.05, 4.69) is 5.32 Å². The summed E-state index contributed by atoms with van der Waals surface area (Å²) in [4.78, 5) is 35.5. The van der Waals surface area contributed by atoms with Crippen LogP contribution in [0.5, 0.6) is 0 Å². The third-order valence-electron chi connectivity index (χ3n) is 5.15. The monoisotopic (exact) mass is 375 g/mol. The summed E-state index contributed by atoms with van der Waals surface area (Å²) in [5.74, 6) is -1.11. The van der Waals surface area contributed by atoms with Crippen LogP contribution in [0.15, 0.2) is 23.0 Å². The summed E-state index contributed by atoms with van der Waals surface area (Å²) in [7, 11) is 1.69. The topological polar surface area (TPSA) is 114 Å². The minimum Gasteiger partial charge on any atom is -0.481 e. The van der Waals surface area contributed by atoms with Gasteiger partial charge in [0.05, 0.1) is 11.0 Å². The molecule has 0 saturated carbocycles. The van der Waals surface area contributed by atoms with Crippen molar-refractivity contribution in [1.82, 2.24) is 14.5 Å². The number of aromatic nitrogens is 2. The fourth-order valence-electron chi connectivity index (χ4n) is 3.67. The number of aliphatic carboxylic acids is 1. The Morgan fingerprint density at radius 3 is 2.67 bits per heavy atom. The molecule has 1 saturated heterocycles. The van der Waals surface area contributed by atoms with E-state index in [9.17, 15) is 19.5 Å². The second-order valence-electron chi connectivity index (χ2n) is 7.11. The number of aryl methyl sites for hydroxylation is 2. The lowest BCUT2D eigenvalue weighted by Crippen LogP contribution is -2.46. The predicted molar refractivity (Wildman–Crippen MR) is 99.4 cm³/mol. The van der Waals surface area contributed by atoms with Crippen molar-refractivity contribution in [2.24, 2.45) is 7.05 Å². The standard InChI is InChI=1S/C19H25N3O5/c1-21-15-11-12(5-3-2-4-6-17(24)25)7-8-13(15)22(19(21)27)14-9-10-16(23)20-18(14)26/h7-8,11,14,16,23H,2-6,9-10H2,1H3,(H,20,26)(H,24,25). The van der Waals surface area contributed by atoms with Crippen molar-refractivity contribution in [2.75, 3.05) is 0 Å². The molecule has 1 aliphatic heterocycles. The van der Waals surface area contributed by atoms with E-state index in [0.29, 0.717) is 24.8 Å². The maximum absolute atomic E-state index is 12.7. The van der Waals surface area contributed by atoms with Gasteiger partial charge in [-0.3, -0.25) is 18.7 Å². The number of carbonyl (C=O) groups is 2. The van der Waals surface area contributed by atoms with Crippen LogP contribution in [0.3, 0.4) is 0 Å². The highest BCUT2D eigenvalue weighted by molar-refractivity contribution is 5.85. The Kier molecular flexibility index (Phi) is 5.65. The second-order valence-corrected chi connectivity index (χ2v) is 7.11. The van der Waals surface area contributed by atoms with Crippen molar-refractivity contribution in [3.05, 3.63) is 34.2 Å². The maximum atomic E-state index is 12.7. The zero-order valence-corrected chi connectivity index (χ0v) is 15.4. The van der Waals surface area contributed by atoms with Crippen LogP contribution in [0.4, 0.5) is 0 Å². The number of aliphatic hydroxyl groups excluding tert-OH is 1. The van der Waals surface area contributed by atoms with Gasteiger partial charge in [0.1, 0.15) is 12.3 Å². The van der Waals surface area contributed by atoms with Gasteiger partial charge in [-0.2, -0.15) is 0 Å². The van der Waals surface area contributed by atoms with Gasteiger partial charge in [-0.05, 0) is 49.8 Å². The van der Waals surface area contributed by atoms with Crippen molar-refractivity contribution < 1.29 is 19.8 Å². The molecule has 0 spiro atoms. The number of unbranched alkanes of at least 4 members (excludes halogenated alkanes) is 2. The second kappa shape index (κ2) is 7.96. The number of carbonyl (C=O) groups excluding carboxylic acids is 1. The van der Waals surface area contributed by atoms with Crippen molar-refractivity contribution >= 4 is 22.9 Å². The van der Waals surface area contributed by atoms with E-state index in [-0.39, 0.29) is 18.0 Å². The largest absolute Gasteiger partial charge is 0.481 e. The Bertz CT molecular complexity index is 914. The molecule has 0 aliphatic carbocycles. The molecule has 1 aliphatic rings. The van der Waals surface area contributed by atoms with E-state index >= 15 is 0 Å². The summed E-state index contributed by atoms with van der Waals surface area (Å²) >= 11 is 0. The zero-order valence-electron chi connectivity index (χ0n) is 15.4. The Morgan fingerprint density at radius 2 is 1.96 bits per heavy atom. The molecule has 8 heteroatoms. The van der Waals surface area contributed by atoms with Gasteiger partial charge in [0, 0.05) is 13.5 Å². The third-order valence-corrected chi connectivity index (χ3v) is 5.15. The van der Waals surface area contributed by atoms with Crippen LogP contribution < -0.4 is 11.0 Å². The minimum atomic E-state index is -0.854. The van der Waals surface area contributed by atoms with Gasteiger partial charge in [0.25, 0.3) is 0 Å². The lowest BCUT2D eigenvalue weighted by Gasteiger charge is -2.26. The molecule has 27 heavy (non-hydrogen) atoms. The molecule has 0 bridgehead atoms. The van der Waals surface area contributed by atoms with Crippen molar-refractivity contribution in [2.45, 2.75) is 57.2 Å². The molecule has 0 radical (unpaired) electrons. The summed E-state index contributed by atoms with van der Waals surface area (Å²) in [5, 5.41) is 20.7. The highest BCUT2D eigenvalue weighted by atomic mass is 16.4. The highest BCUT2D eigenvalue weighted by Gasteiger charge is 2.31. The van der Waals surface area contributed by atoms with E-state index in [1.165, 1.54) is 4.57 Å². The van der Waals surface area contributed by atoms with Crippen LogP contribution in [-0.2, 0) is 23.1 Å². The molecule has 3 rings (SSSR count). The lowest BCUT2D eigenvalue weighted by molar-refractivity contribution is -0.137. The molecule has 2 aromatic rings. The molecule has 2 heterocycles. The first-order valence-corrected chi connectivity index (χ1v) is 9.28. The van der Waals surface area contributed by atoms with Crippen LogP contribution in [0.2, 0.25) is 0 Å². The smallest absolute Gasteiger partial charge is 0.329 e. The fraction of sp³-hybridized carbons (Fsp3) is 0.526. The summed E-state index contributed by atoms with van der Waals surface area (Å²) < 4.78 is 3.05. The van der Waals surface area contributed by atoms with E-state index < -0.39 is 18.2 Å². The van der Waals surface area contributed by atoms with Gasteiger partial charge in [-0.15, -0.1) is 0 Å². The number of benzene rings is 1. The Balaban J connectivity index is 1.80. The summed E-state index contributed by atoms with van der Waals surface area (Å²) in [5.41, 5.74) is 2.30. The summed E-state index contributed by atoms with van der Waals surface area (Å²) in [6, 6.07) is 5.15. The molecule has 1 amide bonds. The van der Waals surface area contributed by atoms with Crippen LogP contribution in [0.25, 0.3) is 11.0 Å². The highest BCUT2D eigenvalue weighted by Crippen LogP contribution is 2.25. The number of fused-ring (bicyclic) bond motifs is 1. The molecule has 2 unspecified atom stereocenters. The quantitative estimate of drug-likeness (QED) is 0.631. The van der Waals surface area contributed by atoms with E-state index in [0.717, 1.165) is 30.3 Å².